The molecule has 0 fully saturated rings. The first-order valence-electron chi connectivity index (χ1n) is 4.09. The zero-order chi connectivity index (χ0) is 11.3. The molecular weight excluding hydrogens is 238 g/mol. The van der Waals surface area contributed by atoms with E-state index >= 15 is 0 Å². The summed E-state index contributed by atoms with van der Waals surface area (Å²) >= 11 is 5.65. The number of hydrogen-bond donors (Lipinski definition) is 0. The van der Waals surface area contributed by atoms with Gasteiger partial charge in [-0.05, 0) is 24.3 Å². The highest BCUT2D eigenvalue weighted by Gasteiger charge is 2.12. The van der Waals surface area contributed by atoms with Crippen molar-refractivity contribution >= 4 is 27.7 Å². The molecule has 0 amide bonds. The Hall–Kier alpha value is -1.07. The topological polar surface area (TPSA) is 55.7 Å². The Morgan fingerprint density at radius 2 is 2.00 bits per heavy atom. The average Bonchev–Trinajstić information content (AvgIpc) is 2.18. The Bertz CT molecular complexity index is 439. The molecule has 0 spiro atoms. The predicted molar refractivity (Wildman–Crippen MR) is 59.0 cm³/mol. The fraction of sp³-hybridized carbons (Fsp3) is 0.222. The molecule has 0 aliphatic heterocycles. The lowest BCUT2D eigenvalue weighted by molar-refractivity contribution is 0.215. The summed E-state index contributed by atoms with van der Waals surface area (Å²) in [5.74, 6) is -0.192. The molecule has 0 saturated heterocycles. The van der Waals surface area contributed by atoms with Crippen molar-refractivity contribution in [3.05, 3.63) is 29.3 Å². The van der Waals surface area contributed by atoms with E-state index in [9.17, 15) is 8.42 Å². The second-order valence-electron chi connectivity index (χ2n) is 2.71. The molecule has 0 aliphatic carbocycles. The summed E-state index contributed by atoms with van der Waals surface area (Å²) in [5, 5.41) is 3.87. The minimum Gasteiger partial charge on any atom is -0.399 e. The highest BCUT2D eigenvalue weighted by Crippen LogP contribution is 2.14. The van der Waals surface area contributed by atoms with Crippen molar-refractivity contribution in [2.24, 2.45) is 5.16 Å². The molecule has 4 nitrogen and oxygen atoms in total. The molecule has 0 aromatic heterocycles. The SMILES string of the molecule is CO/N=C\CS(=O)(=O)c1ccc(Cl)cc1. The number of hydrogen-bond acceptors (Lipinski definition) is 4. The van der Waals surface area contributed by atoms with Crippen LogP contribution >= 0.6 is 11.6 Å². The molecule has 0 radical (unpaired) electrons. The van der Waals surface area contributed by atoms with Crippen LogP contribution in [0.25, 0.3) is 0 Å². The minimum atomic E-state index is -3.34. The predicted octanol–water partition coefficient (Wildman–Crippen LogP) is 1.75. The summed E-state index contributed by atoms with van der Waals surface area (Å²) in [6.07, 6.45) is 1.20. The van der Waals surface area contributed by atoms with E-state index in [0.717, 1.165) is 0 Å². The Labute approximate surface area is 93.4 Å². The van der Waals surface area contributed by atoms with E-state index in [-0.39, 0.29) is 10.6 Å². The zero-order valence-electron chi connectivity index (χ0n) is 8.05. The largest absolute Gasteiger partial charge is 0.399 e. The van der Waals surface area contributed by atoms with E-state index in [2.05, 4.69) is 9.99 Å². The second-order valence-corrected chi connectivity index (χ2v) is 5.18. The molecular formula is C9H10ClNO3S. The van der Waals surface area contributed by atoms with Crippen LogP contribution in [0, 0.1) is 0 Å². The van der Waals surface area contributed by atoms with Crippen molar-refractivity contribution in [1.29, 1.82) is 0 Å². The number of nitrogens with zero attached hydrogens (tertiary/aromatic N) is 1. The standard InChI is InChI=1S/C9H10ClNO3S/c1-14-11-6-7-15(12,13)9-4-2-8(10)3-5-9/h2-6H,7H2,1H3/b11-6-. The second kappa shape index (κ2) is 5.14. The molecule has 0 aliphatic rings. The van der Waals surface area contributed by atoms with Gasteiger partial charge in [0.2, 0.25) is 0 Å². The third kappa shape index (κ3) is 3.53. The molecule has 0 atom stereocenters. The highest BCUT2D eigenvalue weighted by atomic mass is 35.5. The first-order chi connectivity index (χ1) is 7.06. The minimum absolute atomic E-state index is 0.192. The van der Waals surface area contributed by atoms with Gasteiger partial charge in [0.25, 0.3) is 0 Å². The number of benzene rings is 1. The highest BCUT2D eigenvalue weighted by molar-refractivity contribution is 7.92. The van der Waals surface area contributed by atoms with Gasteiger partial charge in [0, 0.05) is 5.02 Å². The maximum Gasteiger partial charge on any atom is 0.183 e. The van der Waals surface area contributed by atoms with E-state index in [1.54, 1.807) is 0 Å². The number of halogens is 1. The van der Waals surface area contributed by atoms with Crippen LogP contribution in [0.5, 0.6) is 0 Å². The molecule has 0 unspecified atom stereocenters. The smallest absolute Gasteiger partial charge is 0.183 e. The molecule has 1 rings (SSSR count). The van der Waals surface area contributed by atoms with Crippen molar-refractivity contribution in [2.75, 3.05) is 12.9 Å². The number of rotatable bonds is 4. The van der Waals surface area contributed by atoms with Crippen molar-refractivity contribution in [3.8, 4) is 0 Å². The van der Waals surface area contributed by atoms with E-state index in [1.165, 1.54) is 37.6 Å². The normalized spacial score (nSPS) is 11.9. The fourth-order valence-corrected chi connectivity index (χ4v) is 2.07. The zero-order valence-corrected chi connectivity index (χ0v) is 9.62. The third-order valence-corrected chi connectivity index (χ3v) is 3.48. The van der Waals surface area contributed by atoms with Crippen molar-refractivity contribution in [3.63, 3.8) is 0 Å². The third-order valence-electron chi connectivity index (χ3n) is 1.65. The Kier molecular flexibility index (Phi) is 4.11. The Morgan fingerprint density at radius 1 is 1.40 bits per heavy atom. The van der Waals surface area contributed by atoms with Crippen LogP contribution in [0.3, 0.4) is 0 Å². The summed E-state index contributed by atoms with van der Waals surface area (Å²) in [5.41, 5.74) is 0. The van der Waals surface area contributed by atoms with Crippen LogP contribution in [0.1, 0.15) is 0 Å². The summed E-state index contributed by atoms with van der Waals surface area (Å²) < 4.78 is 23.3. The van der Waals surface area contributed by atoms with E-state index in [1.807, 2.05) is 0 Å². The van der Waals surface area contributed by atoms with Gasteiger partial charge in [0.05, 0.1) is 16.9 Å². The van der Waals surface area contributed by atoms with Crippen LogP contribution in [0.15, 0.2) is 34.3 Å². The van der Waals surface area contributed by atoms with Gasteiger partial charge >= 0.3 is 0 Å². The summed E-state index contributed by atoms with van der Waals surface area (Å²) in [6.45, 7) is 0. The first-order valence-corrected chi connectivity index (χ1v) is 6.12. The average molecular weight is 248 g/mol. The summed E-state index contributed by atoms with van der Waals surface area (Å²) in [4.78, 5) is 4.59. The molecule has 0 bridgehead atoms. The van der Waals surface area contributed by atoms with Crippen molar-refractivity contribution < 1.29 is 13.3 Å². The van der Waals surface area contributed by atoms with Gasteiger partial charge in [-0.1, -0.05) is 16.8 Å². The molecule has 0 heterocycles. The lowest BCUT2D eigenvalue weighted by Gasteiger charge is -2.00. The van der Waals surface area contributed by atoms with E-state index in [0.29, 0.717) is 5.02 Å². The fourth-order valence-electron chi connectivity index (χ4n) is 0.941. The first kappa shape index (κ1) is 12.0. The van der Waals surface area contributed by atoms with E-state index in [4.69, 9.17) is 11.6 Å². The van der Waals surface area contributed by atoms with Crippen LogP contribution in [-0.2, 0) is 14.7 Å². The molecule has 6 heteroatoms. The van der Waals surface area contributed by atoms with Gasteiger partial charge in [-0.15, -0.1) is 0 Å². The number of oxime groups is 1. The van der Waals surface area contributed by atoms with Gasteiger partial charge in [-0.25, -0.2) is 8.42 Å². The van der Waals surface area contributed by atoms with Crippen LogP contribution in [-0.4, -0.2) is 27.5 Å². The van der Waals surface area contributed by atoms with Crippen molar-refractivity contribution in [2.45, 2.75) is 4.90 Å². The number of sulfone groups is 1. The molecule has 1 aromatic carbocycles. The lowest BCUT2D eigenvalue weighted by Crippen LogP contribution is -2.07. The quantitative estimate of drug-likeness (QED) is 0.602. The Morgan fingerprint density at radius 3 is 2.53 bits per heavy atom. The van der Waals surface area contributed by atoms with Gasteiger partial charge in [0.1, 0.15) is 7.11 Å². The van der Waals surface area contributed by atoms with E-state index < -0.39 is 9.84 Å². The van der Waals surface area contributed by atoms with Gasteiger partial charge in [-0.3, -0.25) is 0 Å². The lowest BCUT2D eigenvalue weighted by atomic mass is 10.4. The molecule has 82 valence electrons. The van der Waals surface area contributed by atoms with Crippen molar-refractivity contribution in [1.82, 2.24) is 0 Å². The summed E-state index contributed by atoms with van der Waals surface area (Å²) in [7, 11) is -1.98. The molecule has 0 saturated carbocycles. The van der Waals surface area contributed by atoms with Gasteiger partial charge in [0.15, 0.2) is 9.84 Å². The van der Waals surface area contributed by atoms with Gasteiger partial charge < -0.3 is 4.84 Å². The maximum absolute atomic E-state index is 11.6. The van der Waals surface area contributed by atoms with Gasteiger partial charge in [-0.2, -0.15) is 0 Å². The Balaban J connectivity index is 2.87. The molecule has 15 heavy (non-hydrogen) atoms. The monoisotopic (exact) mass is 247 g/mol. The van der Waals surface area contributed by atoms with Crippen LogP contribution in [0.4, 0.5) is 0 Å². The van der Waals surface area contributed by atoms with Crippen LogP contribution in [0.2, 0.25) is 5.02 Å². The maximum atomic E-state index is 11.6. The summed E-state index contributed by atoms with van der Waals surface area (Å²) in [6, 6.07) is 5.97. The molecule has 0 N–H and O–H groups in total. The van der Waals surface area contributed by atoms with Crippen LogP contribution < -0.4 is 0 Å². The molecule has 1 aromatic rings.